The molecule has 0 aromatic heterocycles. The van der Waals surface area contributed by atoms with Crippen molar-refractivity contribution in [2.75, 3.05) is 40.4 Å². The number of halogens is 2. The second-order valence-electron chi connectivity index (χ2n) is 5.73. The number of hydrogen-bond acceptors (Lipinski definition) is 3. The number of nitrogens with zero attached hydrogens (tertiary/aromatic N) is 2. The van der Waals surface area contributed by atoms with Crippen LogP contribution in [-0.2, 0) is 11.2 Å². The molecule has 118 valence electrons. The van der Waals surface area contributed by atoms with E-state index in [0.717, 1.165) is 45.6 Å². The number of rotatable bonds is 6. The number of hydrogen-bond donors (Lipinski definition) is 0. The predicted octanol–water partition coefficient (Wildman–Crippen LogP) is 3.54. The van der Waals surface area contributed by atoms with Crippen molar-refractivity contribution < 1.29 is 4.74 Å². The first-order valence-corrected chi connectivity index (χ1v) is 8.25. The Morgan fingerprint density at radius 2 is 1.90 bits per heavy atom. The second-order valence-corrected chi connectivity index (χ2v) is 6.55. The van der Waals surface area contributed by atoms with Gasteiger partial charge in [0.05, 0.1) is 29.4 Å². The molecule has 1 atom stereocenters. The largest absolute Gasteiger partial charge is 0.379 e. The minimum Gasteiger partial charge on any atom is -0.379 e. The van der Waals surface area contributed by atoms with Crippen LogP contribution < -0.4 is 0 Å². The van der Waals surface area contributed by atoms with Gasteiger partial charge in [-0.25, -0.2) is 0 Å². The third-order valence-electron chi connectivity index (χ3n) is 3.98. The van der Waals surface area contributed by atoms with Gasteiger partial charge in [-0.1, -0.05) is 29.3 Å². The molecular weight excluding hydrogens is 307 g/mol. The topological polar surface area (TPSA) is 15.7 Å². The molecule has 0 amide bonds. The van der Waals surface area contributed by atoms with Gasteiger partial charge >= 0.3 is 0 Å². The van der Waals surface area contributed by atoms with E-state index < -0.39 is 0 Å². The maximum atomic E-state index is 6.07. The molecule has 5 heteroatoms. The van der Waals surface area contributed by atoms with Crippen LogP contribution in [0.4, 0.5) is 0 Å². The fraction of sp³-hybridized carbons (Fsp3) is 0.625. The molecule has 0 N–H and O–H groups in total. The third-order valence-corrected chi connectivity index (χ3v) is 4.71. The van der Waals surface area contributed by atoms with Crippen molar-refractivity contribution in [1.82, 2.24) is 9.80 Å². The van der Waals surface area contributed by atoms with Gasteiger partial charge in [0.15, 0.2) is 0 Å². The van der Waals surface area contributed by atoms with Gasteiger partial charge in [0.25, 0.3) is 0 Å². The fourth-order valence-electron chi connectivity index (χ4n) is 2.83. The molecule has 0 aliphatic carbocycles. The van der Waals surface area contributed by atoms with Crippen LogP contribution in [0.5, 0.6) is 0 Å². The maximum Gasteiger partial charge on any atom is 0.0619 e. The predicted molar refractivity (Wildman–Crippen MR) is 89.3 cm³/mol. The van der Waals surface area contributed by atoms with E-state index in [2.05, 4.69) is 30.0 Å². The first-order valence-electron chi connectivity index (χ1n) is 7.50. The quantitative estimate of drug-likeness (QED) is 0.793. The summed E-state index contributed by atoms with van der Waals surface area (Å²) in [4.78, 5) is 4.82. The molecule has 1 fully saturated rings. The van der Waals surface area contributed by atoms with E-state index in [1.165, 1.54) is 5.56 Å². The number of ether oxygens (including phenoxy) is 1. The van der Waals surface area contributed by atoms with E-state index in [0.29, 0.717) is 16.2 Å². The molecule has 1 aliphatic rings. The average molecular weight is 331 g/mol. The van der Waals surface area contributed by atoms with Crippen LogP contribution in [0, 0.1) is 0 Å². The monoisotopic (exact) mass is 330 g/mol. The van der Waals surface area contributed by atoms with E-state index in [-0.39, 0.29) is 0 Å². The Hall–Kier alpha value is -0.320. The van der Waals surface area contributed by atoms with E-state index in [1.807, 2.05) is 12.1 Å². The molecule has 1 heterocycles. The summed E-state index contributed by atoms with van der Waals surface area (Å²) in [5, 5.41) is 1.27. The lowest BCUT2D eigenvalue weighted by molar-refractivity contribution is -0.0227. The highest BCUT2D eigenvalue weighted by Crippen LogP contribution is 2.23. The van der Waals surface area contributed by atoms with Crippen molar-refractivity contribution in [3.8, 4) is 0 Å². The summed E-state index contributed by atoms with van der Waals surface area (Å²) in [6, 6.07) is 5.92. The van der Waals surface area contributed by atoms with Crippen LogP contribution in [0.1, 0.15) is 18.4 Å². The first kappa shape index (κ1) is 17.0. The summed E-state index contributed by atoms with van der Waals surface area (Å²) >= 11 is 12.0. The minimum absolute atomic E-state index is 0.483. The Morgan fingerprint density at radius 1 is 1.19 bits per heavy atom. The molecule has 1 saturated heterocycles. The highest BCUT2D eigenvalue weighted by molar-refractivity contribution is 6.42. The summed E-state index contributed by atoms with van der Waals surface area (Å²) in [5.74, 6) is 0. The molecule has 1 aliphatic heterocycles. The van der Waals surface area contributed by atoms with Gasteiger partial charge in [0.1, 0.15) is 0 Å². The minimum atomic E-state index is 0.483. The van der Waals surface area contributed by atoms with Crippen LogP contribution in [0.15, 0.2) is 18.2 Å². The molecule has 1 unspecified atom stereocenters. The normalized spacial score (nSPS) is 18.1. The van der Waals surface area contributed by atoms with Gasteiger partial charge < -0.3 is 4.74 Å². The van der Waals surface area contributed by atoms with Crippen LogP contribution in [-0.4, -0.2) is 56.4 Å². The lowest BCUT2D eigenvalue weighted by atomic mass is 10.1. The Balaban J connectivity index is 1.85. The highest BCUT2D eigenvalue weighted by atomic mass is 35.5. The molecule has 0 bridgehead atoms. The van der Waals surface area contributed by atoms with Gasteiger partial charge in [0, 0.05) is 13.1 Å². The van der Waals surface area contributed by atoms with Crippen molar-refractivity contribution in [2.45, 2.75) is 25.4 Å². The summed E-state index contributed by atoms with van der Waals surface area (Å²) in [6.45, 7) is 3.74. The van der Waals surface area contributed by atoms with Gasteiger partial charge in [-0.15, -0.1) is 0 Å². The van der Waals surface area contributed by atoms with Crippen molar-refractivity contribution >= 4 is 23.2 Å². The summed E-state index contributed by atoms with van der Waals surface area (Å²) in [7, 11) is 4.30. The van der Waals surface area contributed by atoms with Gasteiger partial charge in [-0.05, 0) is 51.1 Å². The van der Waals surface area contributed by atoms with E-state index in [4.69, 9.17) is 27.9 Å². The Labute approximate surface area is 137 Å². The Bertz CT molecular complexity index is 448. The fourth-order valence-corrected chi connectivity index (χ4v) is 3.15. The van der Waals surface area contributed by atoms with Gasteiger partial charge in [0.2, 0.25) is 0 Å². The molecule has 21 heavy (non-hydrogen) atoms. The summed E-state index contributed by atoms with van der Waals surface area (Å²) in [5.41, 5.74) is 1.25. The molecule has 0 spiro atoms. The number of aryl methyl sites for hydroxylation is 1. The van der Waals surface area contributed by atoms with Crippen molar-refractivity contribution in [2.24, 2.45) is 0 Å². The first-order chi connectivity index (χ1) is 10.1. The molecule has 1 aromatic rings. The smallest absolute Gasteiger partial charge is 0.0619 e. The highest BCUT2D eigenvalue weighted by Gasteiger charge is 2.22. The SMILES string of the molecule is CN(C)C(CCCc1ccc(Cl)c(Cl)c1)N1CCOCC1. The lowest BCUT2D eigenvalue weighted by Gasteiger charge is -2.38. The van der Waals surface area contributed by atoms with E-state index in [9.17, 15) is 0 Å². The van der Waals surface area contributed by atoms with Crippen molar-refractivity contribution in [1.29, 1.82) is 0 Å². The molecule has 0 radical (unpaired) electrons. The standard InChI is InChI=1S/C16H24Cl2N2O/c1-19(2)16(20-8-10-21-11-9-20)5-3-4-13-6-7-14(17)15(18)12-13/h6-7,12,16H,3-5,8-11H2,1-2H3. The van der Waals surface area contributed by atoms with Crippen molar-refractivity contribution in [3.63, 3.8) is 0 Å². The Morgan fingerprint density at radius 3 is 2.52 bits per heavy atom. The molecule has 2 rings (SSSR count). The zero-order chi connectivity index (χ0) is 15.2. The maximum absolute atomic E-state index is 6.07. The van der Waals surface area contributed by atoms with Crippen molar-refractivity contribution in [3.05, 3.63) is 33.8 Å². The van der Waals surface area contributed by atoms with Gasteiger partial charge in [-0.2, -0.15) is 0 Å². The number of morpholine rings is 1. The summed E-state index contributed by atoms with van der Waals surface area (Å²) < 4.78 is 5.44. The van der Waals surface area contributed by atoms with Crippen LogP contribution in [0.25, 0.3) is 0 Å². The molecule has 0 saturated carbocycles. The summed E-state index contributed by atoms with van der Waals surface area (Å²) in [6.07, 6.45) is 3.80. The lowest BCUT2D eigenvalue weighted by Crippen LogP contribution is -2.50. The van der Waals surface area contributed by atoms with Crippen LogP contribution in [0.3, 0.4) is 0 Å². The Kier molecular flexibility index (Phi) is 6.77. The third kappa shape index (κ3) is 5.11. The molecule has 1 aromatic carbocycles. The molecular formula is C16H24Cl2N2O. The zero-order valence-electron chi connectivity index (χ0n) is 12.8. The molecule has 3 nitrogen and oxygen atoms in total. The second kappa shape index (κ2) is 8.35. The van der Waals surface area contributed by atoms with Gasteiger partial charge in [-0.3, -0.25) is 9.80 Å². The van der Waals surface area contributed by atoms with E-state index in [1.54, 1.807) is 0 Å². The van der Waals surface area contributed by atoms with Crippen LogP contribution in [0.2, 0.25) is 10.0 Å². The van der Waals surface area contributed by atoms with E-state index >= 15 is 0 Å². The van der Waals surface area contributed by atoms with Crippen LogP contribution >= 0.6 is 23.2 Å². The number of benzene rings is 1. The average Bonchev–Trinajstić information content (AvgIpc) is 2.48. The zero-order valence-corrected chi connectivity index (χ0v) is 14.3.